The number of benzene rings is 3. The van der Waals surface area contributed by atoms with Gasteiger partial charge in [-0.3, -0.25) is 4.79 Å². The van der Waals surface area contributed by atoms with Gasteiger partial charge in [0.2, 0.25) is 0 Å². The van der Waals surface area contributed by atoms with Crippen LogP contribution in [0.4, 0.5) is 26.3 Å². The Labute approximate surface area is 267 Å². The molecule has 0 aromatic heterocycles. The molecule has 2 nitrogen and oxygen atoms in total. The van der Waals surface area contributed by atoms with Crippen LogP contribution in [0.1, 0.15) is 119 Å². The van der Waals surface area contributed by atoms with E-state index in [1.54, 1.807) is 19.1 Å². The third kappa shape index (κ3) is 7.16. The van der Waals surface area contributed by atoms with E-state index >= 15 is 8.78 Å². The number of carbonyl (C=O) groups excluding carboxylic acids is 1. The first-order chi connectivity index (χ1) is 22.1. The van der Waals surface area contributed by atoms with Gasteiger partial charge in [0.15, 0.2) is 34.9 Å². The van der Waals surface area contributed by atoms with Crippen molar-refractivity contribution in [1.82, 2.24) is 0 Å². The van der Waals surface area contributed by atoms with Gasteiger partial charge >= 0.3 is 5.97 Å². The molecule has 3 aromatic carbocycles. The summed E-state index contributed by atoms with van der Waals surface area (Å²) in [7, 11) is 0. The largest absolute Gasteiger partial charge is 0.462 e. The van der Waals surface area contributed by atoms with Crippen molar-refractivity contribution < 1.29 is 35.9 Å². The lowest BCUT2D eigenvalue weighted by molar-refractivity contribution is -0.157. The Hall–Kier alpha value is -3.29. The zero-order valence-electron chi connectivity index (χ0n) is 26.6. The van der Waals surface area contributed by atoms with E-state index in [2.05, 4.69) is 6.92 Å². The lowest BCUT2D eigenvalue weighted by Gasteiger charge is -2.32. The minimum absolute atomic E-state index is 0.127. The Kier molecular flexibility index (Phi) is 11.2. The first-order valence-electron chi connectivity index (χ1n) is 16.8. The molecule has 2 fully saturated rings. The Morgan fingerprint density at radius 2 is 1.11 bits per heavy atom. The van der Waals surface area contributed by atoms with Crippen LogP contribution >= 0.6 is 0 Å². The number of ether oxygens (including phenoxy) is 1. The van der Waals surface area contributed by atoms with E-state index in [1.807, 2.05) is 0 Å². The lowest BCUT2D eigenvalue weighted by atomic mass is 9.78. The van der Waals surface area contributed by atoms with Crippen molar-refractivity contribution in [3.63, 3.8) is 0 Å². The highest BCUT2D eigenvalue weighted by Gasteiger charge is 2.34. The second kappa shape index (κ2) is 15.1. The molecule has 0 heterocycles. The van der Waals surface area contributed by atoms with Gasteiger partial charge in [-0.25, -0.2) is 26.3 Å². The Balaban J connectivity index is 1.13. The van der Waals surface area contributed by atoms with Crippen molar-refractivity contribution in [2.24, 2.45) is 5.92 Å². The van der Waals surface area contributed by atoms with Gasteiger partial charge in [-0.2, -0.15) is 0 Å². The smallest absolute Gasteiger partial charge is 0.309 e. The van der Waals surface area contributed by atoms with Crippen LogP contribution < -0.4 is 0 Å². The van der Waals surface area contributed by atoms with E-state index in [1.165, 1.54) is 24.3 Å². The molecular formula is C38H42F6O2. The van der Waals surface area contributed by atoms with Crippen molar-refractivity contribution in [3.05, 3.63) is 93.6 Å². The molecule has 0 aliphatic heterocycles. The molecule has 0 bridgehead atoms. The molecule has 8 heteroatoms. The molecule has 0 saturated heterocycles. The number of aryl methyl sites for hydroxylation is 2. The quantitative estimate of drug-likeness (QED) is 0.125. The average molecular weight is 645 g/mol. The highest BCUT2D eigenvalue weighted by Crippen LogP contribution is 2.41. The lowest BCUT2D eigenvalue weighted by Crippen LogP contribution is -2.30. The molecule has 248 valence electrons. The minimum atomic E-state index is -1.22. The number of unbranched alkanes of at least 4 members (excludes halogenated alkanes) is 2. The molecule has 3 aromatic rings. The molecule has 0 amide bonds. The molecular weight excluding hydrogens is 602 g/mol. The van der Waals surface area contributed by atoms with Crippen LogP contribution in [0.2, 0.25) is 0 Å². The first kappa shape index (κ1) is 34.1. The van der Waals surface area contributed by atoms with Crippen LogP contribution in [0, 0.1) is 40.8 Å². The van der Waals surface area contributed by atoms with E-state index in [-0.39, 0.29) is 58.5 Å². The third-order valence-corrected chi connectivity index (χ3v) is 10.1. The van der Waals surface area contributed by atoms with E-state index in [4.69, 9.17) is 4.74 Å². The summed E-state index contributed by atoms with van der Waals surface area (Å²) < 4.78 is 94.8. The predicted molar refractivity (Wildman–Crippen MR) is 166 cm³/mol. The van der Waals surface area contributed by atoms with Crippen LogP contribution in [0.15, 0.2) is 36.4 Å². The number of esters is 1. The Bertz CT molecular complexity index is 1540. The second-order valence-corrected chi connectivity index (χ2v) is 12.9. The highest BCUT2D eigenvalue weighted by molar-refractivity contribution is 5.73. The van der Waals surface area contributed by atoms with Gasteiger partial charge in [-0.15, -0.1) is 0 Å². The summed E-state index contributed by atoms with van der Waals surface area (Å²) >= 11 is 0. The van der Waals surface area contributed by atoms with E-state index in [9.17, 15) is 22.4 Å². The van der Waals surface area contributed by atoms with Gasteiger partial charge in [-0.1, -0.05) is 63.1 Å². The van der Waals surface area contributed by atoms with Crippen LogP contribution in [0.25, 0.3) is 11.1 Å². The number of rotatable bonds is 10. The van der Waals surface area contributed by atoms with Crippen LogP contribution in [0.3, 0.4) is 0 Å². The first-order valence-corrected chi connectivity index (χ1v) is 16.8. The van der Waals surface area contributed by atoms with Gasteiger partial charge < -0.3 is 4.74 Å². The number of hydrogen-bond donors (Lipinski definition) is 0. The van der Waals surface area contributed by atoms with Gasteiger partial charge in [0.1, 0.15) is 6.10 Å². The zero-order valence-corrected chi connectivity index (χ0v) is 26.6. The van der Waals surface area contributed by atoms with Gasteiger partial charge in [0.05, 0.1) is 5.92 Å². The van der Waals surface area contributed by atoms with Crippen LogP contribution in [0.5, 0.6) is 0 Å². The van der Waals surface area contributed by atoms with Crippen molar-refractivity contribution in [3.8, 4) is 11.1 Å². The highest BCUT2D eigenvalue weighted by atomic mass is 19.2. The van der Waals surface area contributed by atoms with E-state index in [0.29, 0.717) is 68.9 Å². The SMILES string of the molecule is CCCCCc1ccc(C2CCC(OC(=O)C3CCC(c4ccc(-c5ccc(CC)c(F)c5F)c(F)c4F)CC3)CC2)c(F)c1F. The van der Waals surface area contributed by atoms with Crippen molar-refractivity contribution in [2.75, 3.05) is 0 Å². The third-order valence-electron chi connectivity index (χ3n) is 10.1. The van der Waals surface area contributed by atoms with E-state index < -0.39 is 34.9 Å². The topological polar surface area (TPSA) is 26.3 Å². The minimum Gasteiger partial charge on any atom is -0.462 e. The normalized spacial score (nSPS) is 21.7. The molecule has 0 N–H and O–H groups in total. The summed E-state index contributed by atoms with van der Waals surface area (Å²) in [5.74, 6) is -7.19. The number of carbonyl (C=O) groups is 1. The fourth-order valence-corrected chi connectivity index (χ4v) is 7.23. The monoisotopic (exact) mass is 644 g/mol. The molecule has 2 aliphatic rings. The predicted octanol–water partition coefficient (Wildman–Crippen LogP) is 11.0. The van der Waals surface area contributed by atoms with E-state index in [0.717, 1.165) is 19.3 Å². The molecule has 5 rings (SSSR count). The summed E-state index contributed by atoms with van der Waals surface area (Å²) in [4.78, 5) is 13.0. The van der Waals surface area contributed by atoms with Crippen molar-refractivity contribution in [1.29, 1.82) is 0 Å². The maximum Gasteiger partial charge on any atom is 0.309 e. The van der Waals surface area contributed by atoms with Crippen molar-refractivity contribution in [2.45, 2.75) is 115 Å². The maximum atomic E-state index is 15.2. The average Bonchev–Trinajstić information content (AvgIpc) is 3.06. The molecule has 0 atom stereocenters. The summed E-state index contributed by atoms with van der Waals surface area (Å²) in [6, 6.07) is 8.76. The van der Waals surface area contributed by atoms with Crippen LogP contribution in [-0.4, -0.2) is 12.1 Å². The zero-order chi connectivity index (χ0) is 33.0. The van der Waals surface area contributed by atoms with Gasteiger partial charge in [-0.05, 0) is 105 Å². The maximum absolute atomic E-state index is 15.2. The van der Waals surface area contributed by atoms with Crippen molar-refractivity contribution >= 4 is 5.97 Å². The van der Waals surface area contributed by atoms with Gasteiger partial charge in [0, 0.05) is 11.1 Å². The fourth-order valence-electron chi connectivity index (χ4n) is 7.23. The molecule has 0 spiro atoms. The molecule has 2 saturated carbocycles. The number of hydrogen-bond acceptors (Lipinski definition) is 2. The van der Waals surface area contributed by atoms with Gasteiger partial charge in [0.25, 0.3) is 0 Å². The number of halogens is 6. The Morgan fingerprint density at radius 1 is 0.609 bits per heavy atom. The van der Waals surface area contributed by atoms with Crippen LogP contribution in [-0.2, 0) is 22.4 Å². The molecule has 0 unspecified atom stereocenters. The summed E-state index contributed by atoms with van der Waals surface area (Å²) in [6.07, 6.45) is 7.44. The summed E-state index contributed by atoms with van der Waals surface area (Å²) in [6.45, 7) is 3.74. The summed E-state index contributed by atoms with van der Waals surface area (Å²) in [5, 5.41) is 0. The standard InChI is InChI=1S/C38H42F6O2/c1-3-5-6-7-25-15-18-28(34(41)33(25)40)24-12-16-27(17-13-24)46-38(45)26-10-8-23(9-11-26)29-20-21-31(37(44)35(29)42)30-19-14-22(4-2)32(39)36(30)43/h14-15,18-21,23-24,26-27H,3-13,16-17H2,1-2H3. The molecule has 46 heavy (non-hydrogen) atoms. The molecule has 2 aliphatic carbocycles. The molecule has 0 radical (unpaired) electrons. The second-order valence-electron chi connectivity index (χ2n) is 12.9. The Morgan fingerprint density at radius 3 is 1.72 bits per heavy atom. The fraction of sp³-hybridized carbons (Fsp3) is 0.500. The summed E-state index contributed by atoms with van der Waals surface area (Å²) in [5.41, 5.74) is 0.471.